The van der Waals surface area contributed by atoms with Crippen LogP contribution in [0, 0.1) is 5.92 Å². The molecule has 2 rings (SSSR count). The Morgan fingerprint density at radius 3 is 2.48 bits per heavy atom. The van der Waals surface area contributed by atoms with Crippen LogP contribution < -0.4 is 14.8 Å². The van der Waals surface area contributed by atoms with Crippen LogP contribution in [0.5, 0.6) is 11.5 Å². The summed E-state index contributed by atoms with van der Waals surface area (Å²) >= 11 is 0. The van der Waals surface area contributed by atoms with Crippen molar-refractivity contribution in [3.05, 3.63) is 47.9 Å². The number of hydrogen-bond acceptors (Lipinski definition) is 4. The minimum Gasteiger partial charge on any atom is -0.497 e. The SMILES string of the molecule is COc1ccc(OCc2ccoc2CNCC(C)C)cc1. The number of furan rings is 1. The minimum absolute atomic E-state index is 0.502. The van der Waals surface area contributed by atoms with Crippen molar-refractivity contribution < 1.29 is 13.9 Å². The first-order chi connectivity index (χ1) is 10.2. The molecule has 0 aliphatic rings. The number of ether oxygens (including phenoxy) is 2. The lowest BCUT2D eigenvalue weighted by molar-refractivity contribution is 0.300. The van der Waals surface area contributed by atoms with Gasteiger partial charge in [-0.2, -0.15) is 0 Å². The van der Waals surface area contributed by atoms with E-state index in [0.717, 1.165) is 35.9 Å². The van der Waals surface area contributed by atoms with Gasteiger partial charge in [0.15, 0.2) is 0 Å². The van der Waals surface area contributed by atoms with Crippen LogP contribution in [-0.4, -0.2) is 13.7 Å². The first-order valence-corrected chi connectivity index (χ1v) is 7.22. The van der Waals surface area contributed by atoms with Gasteiger partial charge in [-0.3, -0.25) is 0 Å². The monoisotopic (exact) mass is 289 g/mol. The molecule has 2 aromatic rings. The van der Waals surface area contributed by atoms with Crippen molar-refractivity contribution >= 4 is 0 Å². The topological polar surface area (TPSA) is 43.6 Å². The lowest BCUT2D eigenvalue weighted by Crippen LogP contribution is -2.19. The molecule has 0 aliphatic carbocycles. The number of nitrogens with one attached hydrogen (secondary N) is 1. The van der Waals surface area contributed by atoms with Crippen LogP contribution in [0.15, 0.2) is 41.0 Å². The molecule has 1 heterocycles. The Kier molecular flexibility index (Phi) is 5.69. The minimum atomic E-state index is 0.502. The van der Waals surface area contributed by atoms with Gasteiger partial charge in [0, 0.05) is 5.56 Å². The first kappa shape index (κ1) is 15.4. The maximum Gasteiger partial charge on any atom is 0.124 e. The van der Waals surface area contributed by atoms with Gasteiger partial charge < -0.3 is 19.2 Å². The molecule has 1 N–H and O–H groups in total. The van der Waals surface area contributed by atoms with Gasteiger partial charge in [0.1, 0.15) is 23.9 Å². The Morgan fingerprint density at radius 2 is 1.81 bits per heavy atom. The molecular formula is C17H23NO3. The smallest absolute Gasteiger partial charge is 0.124 e. The Hall–Kier alpha value is -1.94. The Balaban J connectivity index is 1.86. The lowest BCUT2D eigenvalue weighted by atomic mass is 10.2. The van der Waals surface area contributed by atoms with Gasteiger partial charge in [0.2, 0.25) is 0 Å². The third kappa shape index (κ3) is 4.83. The second kappa shape index (κ2) is 7.74. The largest absolute Gasteiger partial charge is 0.497 e. The molecule has 0 spiro atoms. The van der Waals surface area contributed by atoms with Crippen LogP contribution in [0.1, 0.15) is 25.2 Å². The van der Waals surface area contributed by atoms with E-state index in [1.54, 1.807) is 13.4 Å². The average molecular weight is 289 g/mol. The molecule has 4 heteroatoms. The molecule has 4 nitrogen and oxygen atoms in total. The summed E-state index contributed by atoms with van der Waals surface area (Å²) in [4.78, 5) is 0. The van der Waals surface area contributed by atoms with Gasteiger partial charge in [-0.1, -0.05) is 13.8 Å². The molecule has 1 aromatic carbocycles. The summed E-state index contributed by atoms with van der Waals surface area (Å²) in [5, 5.41) is 3.38. The van der Waals surface area contributed by atoms with Gasteiger partial charge in [0.25, 0.3) is 0 Å². The number of hydrogen-bond donors (Lipinski definition) is 1. The van der Waals surface area contributed by atoms with Crippen molar-refractivity contribution in [3.63, 3.8) is 0 Å². The third-order valence-electron chi connectivity index (χ3n) is 3.13. The van der Waals surface area contributed by atoms with Crippen LogP contribution in [-0.2, 0) is 13.2 Å². The summed E-state index contributed by atoms with van der Waals surface area (Å²) in [6.07, 6.45) is 1.71. The molecule has 0 fully saturated rings. The van der Waals surface area contributed by atoms with Crippen LogP contribution >= 0.6 is 0 Å². The van der Waals surface area contributed by atoms with Crippen molar-refractivity contribution in [2.75, 3.05) is 13.7 Å². The number of methoxy groups -OCH3 is 1. The quantitative estimate of drug-likeness (QED) is 0.806. The van der Waals surface area contributed by atoms with Crippen LogP contribution in [0.25, 0.3) is 0 Å². The molecule has 21 heavy (non-hydrogen) atoms. The van der Waals surface area contributed by atoms with Crippen molar-refractivity contribution in [1.82, 2.24) is 5.32 Å². The van der Waals surface area contributed by atoms with Gasteiger partial charge in [-0.15, -0.1) is 0 Å². The molecule has 1 aromatic heterocycles. The molecule has 114 valence electrons. The van der Waals surface area contributed by atoms with Crippen LogP contribution in [0.4, 0.5) is 0 Å². The predicted octanol–water partition coefficient (Wildman–Crippen LogP) is 3.61. The van der Waals surface area contributed by atoms with Crippen molar-refractivity contribution in [2.45, 2.75) is 27.0 Å². The Bertz CT molecular complexity index is 531. The average Bonchev–Trinajstić information content (AvgIpc) is 2.93. The Labute approximate surface area is 126 Å². The van der Waals surface area contributed by atoms with Gasteiger partial charge in [-0.05, 0) is 42.8 Å². The molecule has 0 saturated heterocycles. The highest BCUT2D eigenvalue weighted by Crippen LogP contribution is 2.19. The highest BCUT2D eigenvalue weighted by atomic mass is 16.5. The zero-order valence-electron chi connectivity index (χ0n) is 12.9. The molecule has 0 aliphatic heterocycles. The summed E-state index contributed by atoms with van der Waals surface area (Å²) in [6, 6.07) is 9.52. The highest BCUT2D eigenvalue weighted by molar-refractivity contribution is 5.31. The molecule has 0 bridgehead atoms. The molecule has 0 unspecified atom stereocenters. The Morgan fingerprint density at radius 1 is 1.10 bits per heavy atom. The summed E-state index contributed by atoms with van der Waals surface area (Å²) in [5.74, 6) is 3.20. The van der Waals surface area contributed by atoms with E-state index >= 15 is 0 Å². The normalized spacial score (nSPS) is 10.9. The van der Waals surface area contributed by atoms with E-state index in [0.29, 0.717) is 12.5 Å². The molecule has 0 amide bonds. The van der Waals surface area contributed by atoms with Crippen molar-refractivity contribution in [3.8, 4) is 11.5 Å². The van der Waals surface area contributed by atoms with Crippen molar-refractivity contribution in [1.29, 1.82) is 0 Å². The van der Waals surface area contributed by atoms with Gasteiger partial charge in [-0.25, -0.2) is 0 Å². The van der Waals surface area contributed by atoms with E-state index in [1.807, 2.05) is 30.3 Å². The highest BCUT2D eigenvalue weighted by Gasteiger charge is 2.07. The summed E-state index contributed by atoms with van der Waals surface area (Å²) in [7, 11) is 1.65. The first-order valence-electron chi connectivity index (χ1n) is 7.22. The van der Waals surface area contributed by atoms with Gasteiger partial charge in [0.05, 0.1) is 19.9 Å². The van der Waals surface area contributed by atoms with E-state index in [-0.39, 0.29) is 0 Å². The zero-order chi connectivity index (χ0) is 15.1. The molecule has 0 saturated carbocycles. The second-order valence-corrected chi connectivity index (χ2v) is 5.36. The number of rotatable bonds is 8. The summed E-state index contributed by atoms with van der Waals surface area (Å²) in [5.41, 5.74) is 1.07. The zero-order valence-corrected chi connectivity index (χ0v) is 12.9. The molecular weight excluding hydrogens is 266 g/mol. The molecule has 0 radical (unpaired) electrons. The van der Waals surface area contributed by atoms with E-state index in [4.69, 9.17) is 13.9 Å². The van der Waals surface area contributed by atoms with E-state index in [1.165, 1.54) is 0 Å². The maximum atomic E-state index is 5.77. The van der Waals surface area contributed by atoms with Gasteiger partial charge >= 0.3 is 0 Å². The predicted molar refractivity (Wildman–Crippen MR) is 82.6 cm³/mol. The van der Waals surface area contributed by atoms with Crippen LogP contribution in [0.3, 0.4) is 0 Å². The summed E-state index contributed by atoms with van der Waals surface area (Å²) in [6.45, 7) is 6.57. The second-order valence-electron chi connectivity index (χ2n) is 5.36. The van der Waals surface area contributed by atoms with E-state index < -0.39 is 0 Å². The number of benzene rings is 1. The fraction of sp³-hybridized carbons (Fsp3) is 0.412. The van der Waals surface area contributed by atoms with E-state index in [2.05, 4.69) is 19.2 Å². The fourth-order valence-corrected chi connectivity index (χ4v) is 1.96. The van der Waals surface area contributed by atoms with Crippen LogP contribution in [0.2, 0.25) is 0 Å². The fourth-order valence-electron chi connectivity index (χ4n) is 1.96. The van der Waals surface area contributed by atoms with Crippen molar-refractivity contribution in [2.24, 2.45) is 5.92 Å². The lowest BCUT2D eigenvalue weighted by Gasteiger charge is -2.09. The van der Waals surface area contributed by atoms with E-state index in [9.17, 15) is 0 Å². The standard InChI is InChI=1S/C17H23NO3/c1-13(2)10-18-11-17-14(8-9-20-17)12-21-16-6-4-15(19-3)5-7-16/h4-9,13,18H,10-12H2,1-3H3. The summed E-state index contributed by atoms with van der Waals surface area (Å²) < 4.78 is 16.4. The molecule has 0 atom stereocenters. The third-order valence-corrected chi connectivity index (χ3v) is 3.13. The maximum absolute atomic E-state index is 5.77.